The molecule has 0 aliphatic heterocycles. The van der Waals surface area contributed by atoms with Gasteiger partial charge in [-0.3, -0.25) is 0 Å². The molecule has 0 heterocycles. The number of rotatable bonds is 9. The highest BCUT2D eigenvalue weighted by molar-refractivity contribution is 9.10. The highest BCUT2D eigenvalue weighted by Gasteiger charge is 2.09. The summed E-state index contributed by atoms with van der Waals surface area (Å²) < 4.78 is 6.73. The van der Waals surface area contributed by atoms with E-state index < -0.39 is 0 Å². The van der Waals surface area contributed by atoms with Crippen molar-refractivity contribution in [2.24, 2.45) is 5.92 Å². The molecular weight excluding hydrogens is 290 g/mol. The molecular formula is C15H24BrNO. The smallest absolute Gasteiger partial charge is 0.0509 e. The van der Waals surface area contributed by atoms with Crippen LogP contribution in [0.4, 0.5) is 0 Å². The van der Waals surface area contributed by atoms with Crippen LogP contribution in [0.1, 0.15) is 25.8 Å². The van der Waals surface area contributed by atoms with Gasteiger partial charge in [0.15, 0.2) is 0 Å². The normalized spacial score (nSPS) is 12.6. The van der Waals surface area contributed by atoms with E-state index in [1.165, 1.54) is 12.0 Å². The van der Waals surface area contributed by atoms with Gasteiger partial charge in [-0.25, -0.2) is 0 Å². The molecule has 0 saturated heterocycles. The summed E-state index contributed by atoms with van der Waals surface area (Å²) in [6.45, 7) is 7.98. The van der Waals surface area contributed by atoms with Gasteiger partial charge >= 0.3 is 0 Å². The first-order valence-corrected chi connectivity index (χ1v) is 7.58. The van der Waals surface area contributed by atoms with E-state index >= 15 is 0 Å². The Morgan fingerprint density at radius 3 is 2.83 bits per heavy atom. The first-order valence-electron chi connectivity index (χ1n) is 6.79. The van der Waals surface area contributed by atoms with E-state index in [2.05, 4.69) is 59.4 Å². The lowest BCUT2D eigenvalue weighted by molar-refractivity contribution is 0.110. The van der Waals surface area contributed by atoms with Gasteiger partial charge in [-0.15, -0.1) is 0 Å². The molecule has 2 nitrogen and oxygen atoms in total. The van der Waals surface area contributed by atoms with Gasteiger partial charge in [0.1, 0.15) is 0 Å². The van der Waals surface area contributed by atoms with Gasteiger partial charge in [-0.1, -0.05) is 35.0 Å². The molecule has 0 amide bonds. The van der Waals surface area contributed by atoms with Crippen LogP contribution in [0.3, 0.4) is 0 Å². The summed E-state index contributed by atoms with van der Waals surface area (Å²) in [6, 6.07) is 8.54. The second kappa shape index (κ2) is 9.54. The van der Waals surface area contributed by atoms with E-state index in [1.807, 2.05) is 0 Å². The predicted octanol–water partition coefficient (Wildman–Crippen LogP) is 3.64. The van der Waals surface area contributed by atoms with Gasteiger partial charge in [0.25, 0.3) is 0 Å². The predicted molar refractivity (Wildman–Crippen MR) is 81.0 cm³/mol. The lowest BCUT2D eigenvalue weighted by Crippen LogP contribution is -2.28. The molecule has 1 rings (SSSR count). The first kappa shape index (κ1) is 15.7. The van der Waals surface area contributed by atoms with E-state index in [0.717, 1.165) is 37.2 Å². The maximum Gasteiger partial charge on any atom is 0.0509 e. The topological polar surface area (TPSA) is 21.3 Å². The molecule has 0 saturated carbocycles. The molecule has 3 heteroatoms. The molecule has 0 radical (unpaired) electrons. The SMILES string of the molecule is CCCNCC(COCC)Cc1cccc(Br)c1. The molecule has 1 atom stereocenters. The number of hydrogen-bond acceptors (Lipinski definition) is 2. The zero-order valence-corrected chi connectivity index (χ0v) is 13.0. The van der Waals surface area contributed by atoms with E-state index in [0.29, 0.717) is 5.92 Å². The molecule has 1 N–H and O–H groups in total. The van der Waals surface area contributed by atoms with Crippen molar-refractivity contribution in [2.75, 3.05) is 26.3 Å². The summed E-state index contributed by atoms with van der Waals surface area (Å²) in [7, 11) is 0. The Labute approximate surface area is 119 Å². The van der Waals surface area contributed by atoms with Crippen molar-refractivity contribution < 1.29 is 4.74 Å². The van der Waals surface area contributed by atoms with Crippen LogP contribution in [0, 0.1) is 5.92 Å². The number of halogens is 1. The minimum Gasteiger partial charge on any atom is -0.381 e. The number of nitrogens with one attached hydrogen (secondary N) is 1. The Balaban J connectivity index is 2.48. The van der Waals surface area contributed by atoms with Crippen LogP contribution in [0.25, 0.3) is 0 Å². The van der Waals surface area contributed by atoms with Crippen molar-refractivity contribution >= 4 is 15.9 Å². The van der Waals surface area contributed by atoms with Gasteiger partial charge in [-0.05, 0) is 49.9 Å². The molecule has 102 valence electrons. The Morgan fingerprint density at radius 1 is 1.33 bits per heavy atom. The highest BCUT2D eigenvalue weighted by Crippen LogP contribution is 2.15. The number of benzene rings is 1. The second-order valence-electron chi connectivity index (χ2n) is 4.56. The quantitative estimate of drug-likeness (QED) is 0.703. The molecule has 0 aromatic heterocycles. The van der Waals surface area contributed by atoms with Gasteiger partial charge in [0, 0.05) is 17.6 Å². The summed E-state index contributed by atoms with van der Waals surface area (Å²) >= 11 is 3.52. The lowest BCUT2D eigenvalue weighted by atomic mass is 10.00. The zero-order valence-electron chi connectivity index (χ0n) is 11.4. The van der Waals surface area contributed by atoms with Gasteiger partial charge in [0.05, 0.1) is 6.61 Å². The average molecular weight is 314 g/mol. The minimum absolute atomic E-state index is 0.547. The van der Waals surface area contributed by atoms with Crippen molar-refractivity contribution in [3.8, 4) is 0 Å². The minimum atomic E-state index is 0.547. The maximum atomic E-state index is 5.58. The van der Waals surface area contributed by atoms with Crippen LogP contribution in [0.15, 0.2) is 28.7 Å². The summed E-state index contributed by atoms with van der Waals surface area (Å²) in [5.41, 5.74) is 1.37. The molecule has 1 aromatic rings. The van der Waals surface area contributed by atoms with Crippen LogP contribution in [-0.4, -0.2) is 26.3 Å². The third-order valence-electron chi connectivity index (χ3n) is 2.83. The highest BCUT2D eigenvalue weighted by atomic mass is 79.9. The molecule has 0 spiro atoms. The standard InChI is InChI=1S/C15H24BrNO/c1-3-8-17-11-14(12-18-4-2)9-13-6-5-7-15(16)10-13/h5-7,10,14,17H,3-4,8-9,11-12H2,1-2H3. The number of ether oxygens (including phenoxy) is 1. The molecule has 1 unspecified atom stereocenters. The molecule has 1 aromatic carbocycles. The van der Waals surface area contributed by atoms with E-state index in [-0.39, 0.29) is 0 Å². The van der Waals surface area contributed by atoms with Crippen LogP contribution >= 0.6 is 15.9 Å². The Hall–Kier alpha value is -0.380. The molecule has 0 bridgehead atoms. The lowest BCUT2D eigenvalue weighted by Gasteiger charge is -2.17. The summed E-state index contributed by atoms with van der Waals surface area (Å²) in [6.07, 6.45) is 2.24. The van der Waals surface area contributed by atoms with Crippen molar-refractivity contribution in [1.29, 1.82) is 0 Å². The summed E-state index contributed by atoms with van der Waals surface area (Å²) in [5.74, 6) is 0.547. The largest absolute Gasteiger partial charge is 0.381 e. The molecule has 0 aliphatic rings. The first-order chi connectivity index (χ1) is 8.76. The Morgan fingerprint density at radius 2 is 2.17 bits per heavy atom. The van der Waals surface area contributed by atoms with Crippen molar-refractivity contribution in [3.63, 3.8) is 0 Å². The Bertz CT molecular complexity index is 330. The monoisotopic (exact) mass is 313 g/mol. The molecule has 0 fully saturated rings. The molecule has 0 aliphatic carbocycles. The third-order valence-corrected chi connectivity index (χ3v) is 3.32. The van der Waals surface area contributed by atoms with Crippen LogP contribution in [0.5, 0.6) is 0 Å². The fraction of sp³-hybridized carbons (Fsp3) is 0.600. The fourth-order valence-electron chi connectivity index (χ4n) is 1.95. The van der Waals surface area contributed by atoms with Gasteiger partial charge < -0.3 is 10.1 Å². The van der Waals surface area contributed by atoms with Crippen molar-refractivity contribution in [2.45, 2.75) is 26.7 Å². The summed E-state index contributed by atoms with van der Waals surface area (Å²) in [4.78, 5) is 0. The van der Waals surface area contributed by atoms with Gasteiger partial charge in [-0.2, -0.15) is 0 Å². The summed E-state index contributed by atoms with van der Waals surface area (Å²) in [5, 5.41) is 3.49. The fourth-order valence-corrected chi connectivity index (χ4v) is 2.40. The average Bonchev–Trinajstić information content (AvgIpc) is 2.36. The van der Waals surface area contributed by atoms with Crippen LogP contribution in [-0.2, 0) is 11.2 Å². The number of hydrogen-bond donors (Lipinski definition) is 1. The van der Waals surface area contributed by atoms with E-state index in [1.54, 1.807) is 0 Å². The van der Waals surface area contributed by atoms with E-state index in [4.69, 9.17) is 4.74 Å². The maximum absolute atomic E-state index is 5.58. The van der Waals surface area contributed by atoms with Crippen molar-refractivity contribution in [1.82, 2.24) is 5.32 Å². The second-order valence-corrected chi connectivity index (χ2v) is 5.48. The Kier molecular flexibility index (Phi) is 8.31. The third kappa shape index (κ3) is 6.53. The van der Waals surface area contributed by atoms with Crippen LogP contribution < -0.4 is 5.32 Å². The van der Waals surface area contributed by atoms with Crippen LogP contribution in [0.2, 0.25) is 0 Å². The molecule has 18 heavy (non-hydrogen) atoms. The van der Waals surface area contributed by atoms with Crippen molar-refractivity contribution in [3.05, 3.63) is 34.3 Å². The van der Waals surface area contributed by atoms with E-state index in [9.17, 15) is 0 Å². The zero-order chi connectivity index (χ0) is 13.2. The van der Waals surface area contributed by atoms with Gasteiger partial charge in [0.2, 0.25) is 0 Å².